The summed E-state index contributed by atoms with van der Waals surface area (Å²) in [6, 6.07) is 10.2. The Labute approximate surface area is 133 Å². The number of rotatable bonds is 9. The normalized spacial score (nSPS) is 10.8. The van der Waals surface area contributed by atoms with E-state index in [-0.39, 0.29) is 23.9 Å². The second kappa shape index (κ2) is 10.6. The van der Waals surface area contributed by atoms with Crippen LogP contribution < -0.4 is 11.1 Å². The first-order valence-corrected chi connectivity index (χ1v) is 7.16. The molecule has 0 saturated carbocycles. The van der Waals surface area contributed by atoms with E-state index in [2.05, 4.69) is 17.4 Å². The fourth-order valence-electron chi connectivity index (χ4n) is 1.76. The highest BCUT2D eigenvalue weighted by atomic mass is 35.5. The Morgan fingerprint density at radius 1 is 1.24 bits per heavy atom. The van der Waals surface area contributed by atoms with Gasteiger partial charge in [-0.05, 0) is 32.3 Å². The van der Waals surface area contributed by atoms with Gasteiger partial charge >= 0.3 is 0 Å². The third-order valence-electron chi connectivity index (χ3n) is 3.06. The molecule has 1 aromatic carbocycles. The number of halogens is 1. The van der Waals surface area contributed by atoms with E-state index in [1.807, 2.05) is 32.0 Å². The van der Waals surface area contributed by atoms with Crippen LogP contribution in [0.3, 0.4) is 0 Å². The first kappa shape index (κ1) is 19.9. The van der Waals surface area contributed by atoms with E-state index in [1.54, 1.807) is 0 Å². The SMILES string of the molecule is CC(C)(CN)NC(=O)CCCOCCc1ccccc1.Cl. The Bertz CT molecular complexity index is 397. The molecule has 0 heterocycles. The highest BCUT2D eigenvalue weighted by Gasteiger charge is 2.17. The Morgan fingerprint density at radius 3 is 2.52 bits per heavy atom. The summed E-state index contributed by atoms with van der Waals surface area (Å²) in [6.45, 7) is 5.58. The second-order valence-electron chi connectivity index (χ2n) is 5.59. The average Bonchev–Trinajstić information content (AvgIpc) is 2.43. The Morgan fingerprint density at radius 2 is 1.90 bits per heavy atom. The molecule has 1 aromatic rings. The number of carbonyl (C=O) groups excluding carboxylic acids is 1. The first-order valence-electron chi connectivity index (χ1n) is 7.16. The number of amides is 1. The third kappa shape index (κ3) is 9.45. The molecule has 0 aromatic heterocycles. The number of hydrogen-bond donors (Lipinski definition) is 2. The van der Waals surface area contributed by atoms with Gasteiger partial charge < -0.3 is 15.8 Å². The molecule has 21 heavy (non-hydrogen) atoms. The van der Waals surface area contributed by atoms with E-state index in [1.165, 1.54) is 5.56 Å². The summed E-state index contributed by atoms with van der Waals surface area (Å²) in [5.41, 5.74) is 6.51. The summed E-state index contributed by atoms with van der Waals surface area (Å²) in [5.74, 6) is 0.0344. The summed E-state index contributed by atoms with van der Waals surface area (Å²) in [7, 11) is 0. The van der Waals surface area contributed by atoms with Crippen molar-refractivity contribution in [1.82, 2.24) is 5.32 Å². The van der Waals surface area contributed by atoms with Crippen LogP contribution in [0.2, 0.25) is 0 Å². The number of benzene rings is 1. The molecule has 0 atom stereocenters. The van der Waals surface area contributed by atoms with E-state index < -0.39 is 0 Å². The van der Waals surface area contributed by atoms with Crippen LogP contribution in [0, 0.1) is 0 Å². The third-order valence-corrected chi connectivity index (χ3v) is 3.06. The summed E-state index contributed by atoms with van der Waals surface area (Å²) in [5, 5.41) is 2.90. The lowest BCUT2D eigenvalue weighted by Crippen LogP contribution is -2.48. The molecule has 0 saturated heterocycles. The predicted molar refractivity (Wildman–Crippen MR) is 88.7 cm³/mol. The lowest BCUT2D eigenvalue weighted by atomic mass is 10.1. The van der Waals surface area contributed by atoms with Gasteiger partial charge in [-0.25, -0.2) is 0 Å². The molecule has 4 nitrogen and oxygen atoms in total. The van der Waals surface area contributed by atoms with Crippen molar-refractivity contribution in [3.63, 3.8) is 0 Å². The van der Waals surface area contributed by atoms with Crippen molar-refractivity contribution >= 4 is 18.3 Å². The van der Waals surface area contributed by atoms with E-state index >= 15 is 0 Å². The number of nitrogens with two attached hydrogens (primary N) is 1. The number of ether oxygens (including phenoxy) is 1. The first-order chi connectivity index (χ1) is 9.53. The van der Waals surface area contributed by atoms with Gasteiger partial charge in [0, 0.05) is 25.1 Å². The van der Waals surface area contributed by atoms with Gasteiger partial charge in [-0.2, -0.15) is 0 Å². The van der Waals surface area contributed by atoms with Gasteiger partial charge in [-0.15, -0.1) is 12.4 Å². The van der Waals surface area contributed by atoms with E-state index in [0.717, 1.165) is 12.8 Å². The minimum atomic E-state index is -0.328. The molecule has 0 aliphatic rings. The summed E-state index contributed by atoms with van der Waals surface area (Å²) in [4.78, 5) is 11.6. The van der Waals surface area contributed by atoms with Crippen molar-refractivity contribution in [3.05, 3.63) is 35.9 Å². The van der Waals surface area contributed by atoms with Gasteiger partial charge in [0.05, 0.1) is 6.61 Å². The highest BCUT2D eigenvalue weighted by molar-refractivity contribution is 5.85. The van der Waals surface area contributed by atoms with Gasteiger partial charge in [-0.3, -0.25) is 4.79 Å². The molecule has 0 radical (unpaired) electrons. The molecule has 5 heteroatoms. The fourth-order valence-corrected chi connectivity index (χ4v) is 1.76. The maximum atomic E-state index is 11.6. The van der Waals surface area contributed by atoms with Crippen LogP contribution in [-0.4, -0.2) is 31.2 Å². The molecule has 0 fully saturated rings. The summed E-state index contributed by atoms with van der Waals surface area (Å²) < 4.78 is 5.54. The molecule has 0 aliphatic carbocycles. The Kier molecular flexibility index (Phi) is 10.0. The van der Waals surface area contributed by atoms with Crippen LogP contribution in [0.4, 0.5) is 0 Å². The molecular weight excluding hydrogens is 288 g/mol. The van der Waals surface area contributed by atoms with Crippen molar-refractivity contribution in [2.45, 2.75) is 38.6 Å². The minimum Gasteiger partial charge on any atom is -0.381 e. The van der Waals surface area contributed by atoms with E-state index in [4.69, 9.17) is 10.5 Å². The monoisotopic (exact) mass is 314 g/mol. The van der Waals surface area contributed by atoms with Gasteiger partial charge in [0.1, 0.15) is 0 Å². The predicted octanol–water partition coefficient (Wildman–Crippen LogP) is 2.30. The number of carbonyl (C=O) groups is 1. The maximum Gasteiger partial charge on any atom is 0.220 e. The van der Waals surface area contributed by atoms with Gasteiger partial charge in [0.15, 0.2) is 0 Å². The van der Waals surface area contributed by atoms with Crippen LogP contribution >= 0.6 is 12.4 Å². The van der Waals surface area contributed by atoms with Gasteiger partial charge in [-0.1, -0.05) is 30.3 Å². The van der Waals surface area contributed by atoms with Crippen molar-refractivity contribution in [2.24, 2.45) is 5.73 Å². The Balaban J connectivity index is 0.00000400. The number of hydrogen-bond acceptors (Lipinski definition) is 3. The molecule has 120 valence electrons. The van der Waals surface area contributed by atoms with Crippen LogP contribution in [-0.2, 0) is 16.0 Å². The lowest BCUT2D eigenvalue weighted by Gasteiger charge is -2.24. The van der Waals surface area contributed by atoms with Crippen LogP contribution in [0.25, 0.3) is 0 Å². The van der Waals surface area contributed by atoms with E-state index in [0.29, 0.717) is 26.2 Å². The number of nitrogens with one attached hydrogen (secondary N) is 1. The van der Waals surface area contributed by atoms with Crippen molar-refractivity contribution < 1.29 is 9.53 Å². The zero-order valence-electron chi connectivity index (χ0n) is 12.9. The molecule has 1 amide bonds. The standard InChI is InChI=1S/C16H26N2O2.ClH/c1-16(2,13-17)18-15(19)9-6-11-20-12-10-14-7-4-3-5-8-14;/h3-5,7-8H,6,9-13,17H2,1-2H3,(H,18,19);1H. The molecule has 0 aliphatic heterocycles. The van der Waals surface area contributed by atoms with Gasteiger partial charge in [0.2, 0.25) is 5.91 Å². The largest absolute Gasteiger partial charge is 0.381 e. The van der Waals surface area contributed by atoms with Crippen LogP contribution in [0.15, 0.2) is 30.3 Å². The zero-order chi connectivity index (χ0) is 14.8. The highest BCUT2D eigenvalue weighted by Crippen LogP contribution is 2.02. The molecular formula is C16H27ClN2O2. The lowest BCUT2D eigenvalue weighted by molar-refractivity contribution is -0.122. The van der Waals surface area contributed by atoms with Crippen molar-refractivity contribution in [2.75, 3.05) is 19.8 Å². The van der Waals surface area contributed by atoms with Crippen molar-refractivity contribution in [3.8, 4) is 0 Å². The van der Waals surface area contributed by atoms with Crippen LogP contribution in [0.1, 0.15) is 32.3 Å². The summed E-state index contributed by atoms with van der Waals surface area (Å²) in [6.07, 6.45) is 2.13. The zero-order valence-corrected chi connectivity index (χ0v) is 13.7. The quantitative estimate of drug-likeness (QED) is 0.687. The smallest absolute Gasteiger partial charge is 0.220 e. The summed E-state index contributed by atoms with van der Waals surface area (Å²) >= 11 is 0. The molecule has 0 bridgehead atoms. The molecule has 0 spiro atoms. The van der Waals surface area contributed by atoms with E-state index in [9.17, 15) is 4.79 Å². The minimum absolute atomic E-state index is 0. The van der Waals surface area contributed by atoms with Crippen LogP contribution in [0.5, 0.6) is 0 Å². The second-order valence-corrected chi connectivity index (χ2v) is 5.59. The topological polar surface area (TPSA) is 64.3 Å². The Hall–Kier alpha value is -1.10. The fraction of sp³-hybridized carbons (Fsp3) is 0.562. The van der Waals surface area contributed by atoms with Gasteiger partial charge in [0.25, 0.3) is 0 Å². The van der Waals surface area contributed by atoms with Crippen molar-refractivity contribution in [1.29, 1.82) is 0 Å². The molecule has 1 rings (SSSR count). The average molecular weight is 315 g/mol. The molecule has 3 N–H and O–H groups in total. The maximum absolute atomic E-state index is 11.6. The molecule has 0 unspecified atom stereocenters.